The normalized spacial score (nSPS) is 10.9. The first-order chi connectivity index (χ1) is 16.7. The fourth-order valence-electron chi connectivity index (χ4n) is 3.11. The van der Waals surface area contributed by atoms with Crippen molar-refractivity contribution in [2.45, 2.75) is 25.2 Å². The van der Waals surface area contributed by atoms with Crippen LogP contribution in [0.4, 0.5) is 15.8 Å². The lowest BCUT2D eigenvalue weighted by atomic mass is 10.1. The van der Waals surface area contributed by atoms with Crippen molar-refractivity contribution in [3.63, 3.8) is 0 Å². The van der Waals surface area contributed by atoms with E-state index in [1.54, 1.807) is 38.1 Å². The summed E-state index contributed by atoms with van der Waals surface area (Å²) in [6.07, 6.45) is 0.148. The van der Waals surface area contributed by atoms with E-state index in [1.807, 2.05) is 0 Å². The molecular weight excluding hydrogens is 475 g/mol. The summed E-state index contributed by atoms with van der Waals surface area (Å²) < 4.78 is 51.1. The van der Waals surface area contributed by atoms with Gasteiger partial charge >= 0.3 is 5.97 Å². The first kappa shape index (κ1) is 25.7. The number of carbonyl (C=O) groups excluding carboxylic acids is 2. The minimum atomic E-state index is -3.89. The number of esters is 1. The molecule has 0 aliphatic heterocycles. The Bertz CT molecular complexity index is 1290. The molecule has 0 aromatic heterocycles. The molecule has 0 spiro atoms. The van der Waals surface area contributed by atoms with Gasteiger partial charge in [-0.1, -0.05) is 12.1 Å². The van der Waals surface area contributed by atoms with E-state index < -0.39 is 21.7 Å². The predicted octanol–water partition coefficient (Wildman–Crippen LogP) is 4.06. The summed E-state index contributed by atoms with van der Waals surface area (Å²) >= 11 is 0. The number of aryl methyl sites for hydroxylation is 1. The molecule has 3 rings (SSSR count). The summed E-state index contributed by atoms with van der Waals surface area (Å²) in [5.41, 5.74) is 2.05. The zero-order valence-electron chi connectivity index (χ0n) is 19.2. The third kappa shape index (κ3) is 7.54. The minimum absolute atomic E-state index is 0.000894. The second kappa shape index (κ2) is 11.5. The molecule has 0 saturated heterocycles. The molecule has 0 fully saturated rings. The van der Waals surface area contributed by atoms with Crippen molar-refractivity contribution in [3.8, 4) is 5.75 Å². The Kier molecular flexibility index (Phi) is 8.43. The number of rotatable bonds is 10. The van der Waals surface area contributed by atoms with Gasteiger partial charge < -0.3 is 14.8 Å². The van der Waals surface area contributed by atoms with Crippen molar-refractivity contribution in [3.05, 3.63) is 83.7 Å². The smallest absolute Gasteiger partial charge is 0.310 e. The molecular formula is C25H25FN2O6S. The Morgan fingerprint density at radius 3 is 2.23 bits per heavy atom. The van der Waals surface area contributed by atoms with Crippen molar-refractivity contribution < 1.29 is 31.9 Å². The van der Waals surface area contributed by atoms with Gasteiger partial charge in [0.25, 0.3) is 15.9 Å². The molecule has 8 nitrogen and oxygen atoms in total. The third-order valence-corrected chi connectivity index (χ3v) is 6.18. The zero-order valence-corrected chi connectivity index (χ0v) is 20.0. The maximum absolute atomic E-state index is 13.0. The number of amides is 1. The minimum Gasteiger partial charge on any atom is -0.483 e. The van der Waals surface area contributed by atoms with Crippen LogP contribution in [0.3, 0.4) is 0 Å². The maximum Gasteiger partial charge on any atom is 0.310 e. The number of nitrogens with one attached hydrogen (secondary N) is 2. The molecule has 0 radical (unpaired) electrons. The molecule has 0 aliphatic rings. The molecule has 0 atom stereocenters. The molecule has 0 bridgehead atoms. The van der Waals surface area contributed by atoms with Crippen LogP contribution in [-0.2, 0) is 30.8 Å². The van der Waals surface area contributed by atoms with Gasteiger partial charge in [0.2, 0.25) is 0 Å². The average molecular weight is 501 g/mol. The molecule has 3 aromatic carbocycles. The maximum atomic E-state index is 13.0. The van der Waals surface area contributed by atoms with E-state index in [4.69, 9.17) is 9.47 Å². The molecule has 184 valence electrons. The molecule has 0 aliphatic carbocycles. The Morgan fingerprint density at radius 1 is 0.943 bits per heavy atom. The van der Waals surface area contributed by atoms with Gasteiger partial charge in [0.05, 0.1) is 17.9 Å². The van der Waals surface area contributed by atoms with Crippen LogP contribution in [-0.4, -0.2) is 33.5 Å². The summed E-state index contributed by atoms with van der Waals surface area (Å²) in [7, 11) is -3.89. The molecule has 1 amide bonds. The van der Waals surface area contributed by atoms with Crippen LogP contribution >= 0.6 is 0 Å². The SMILES string of the molecule is CCOC(=O)Cc1ccc(NC(=O)COc2ccc(S(=O)(=O)Nc3ccc(F)cc3)cc2C)cc1. The number of benzene rings is 3. The summed E-state index contributed by atoms with van der Waals surface area (Å²) in [5, 5.41) is 2.69. The van der Waals surface area contributed by atoms with Crippen LogP contribution in [0, 0.1) is 12.7 Å². The van der Waals surface area contributed by atoms with Crippen molar-refractivity contribution in [2.24, 2.45) is 0 Å². The zero-order chi connectivity index (χ0) is 25.4. The van der Waals surface area contributed by atoms with Crippen LogP contribution in [0.1, 0.15) is 18.1 Å². The van der Waals surface area contributed by atoms with E-state index in [2.05, 4.69) is 10.0 Å². The number of carbonyl (C=O) groups is 2. The van der Waals surface area contributed by atoms with Crippen molar-refractivity contribution in [2.75, 3.05) is 23.3 Å². The van der Waals surface area contributed by atoms with E-state index in [9.17, 15) is 22.4 Å². The number of anilines is 2. The van der Waals surface area contributed by atoms with E-state index in [0.29, 0.717) is 23.6 Å². The summed E-state index contributed by atoms with van der Waals surface area (Å²) in [5.74, 6) is -0.846. The van der Waals surface area contributed by atoms with Crippen molar-refractivity contribution in [1.29, 1.82) is 0 Å². The van der Waals surface area contributed by atoms with E-state index >= 15 is 0 Å². The van der Waals surface area contributed by atoms with Crippen molar-refractivity contribution in [1.82, 2.24) is 0 Å². The fourth-order valence-corrected chi connectivity index (χ4v) is 4.25. The molecule has 35 heavy (non-hydrogen) atoms. The van der Waals surface area contributed by atoms with Gasteiger partial charge in [0.1, 0.15) is 11.6 Å². The van der Waals surface area contributed by atoms with Crippen LogP contribution in [0.5, 0.6) is 5.75 Å². The van der Waals surface area contributed by atoms with E-state index in [0.717, 1.165) is 17.7 Å². The van der Waals surface area contributed by atoms with Gasteiger partial charge in [-0.3, -0.25) is 14.3 Å². The van der Waals surface area contributed by atoms with Crippen LogP contribution in [0.2, 0.25) is 0 Å². The molecule has 0 heterocycles. The summed E-state index contributed by atoms with van der Waals surface area (Å²) in [4.78, 5) is 23.8. The highest BCUT2D eigenvalue weighted by molar-refractivity contribution is 7.92. The lowest BCUT2D eigenvalue weighted by Gasteiger charge is -2.12. The predicted molar refractivity (Wildman–Crippen MR) is 129 cm³/mol. The topological polar surface area (TPSA) is 111 Å². The number of ether oxygens (including phenoxy) is 2. The summed E-state index contributed by atoms with van der Waals surface area (Å²) in [6, 6.07) is 16.0. The molecule has 0 saturated carbocycles. The molecule has 0 unspecified atom stereocenters. The molecule has 10 heteroatoms. The molecule has 2 N–H and O–H groups in total. The van der Waals surface area contributed by atoms with Crippen LogP contribution in [0.15, 0.2) is 71.6 Å². The number of hydrogen-bond donors (Lipinski definition) is 2. The van der Waals surface area contributed by atoms with E-state index in [1.165, 1.54) is 30.3 Å². The van der Waals surface area contributed by atoms with Gasteiger partial charge in [-0.15, -0.1) is 0 Å². The summed E-state index contributed by atoms with van der Waals surface area (Å²) in [6.45, 7) is 3.43. The second-order valence-corrected chi connectivity index (χ2v) is 9.24. The lowest BCUT2D eigenvalue weighted by Crippen LogP contribution is -2.20. The van der Waals surface area contributed by atoms with Gasteiger partial charge in [0, 0.05) is 11.4 Å². The quantitative estimate of drug-likeness (QED) is 0.406. The Labute approximate surface area is 203 Å². The monoisotopic (exact) mass is 500 g/mol. The highest BCUT2D eigenvalue weighted by Crippen LogP contribution is 2.24. The lowest BCUT2D eigenvalue weighted by molar-refractivity contribution is -0.142. The average Bonchev–Trinajstić information content (AvgIpc) is 2.81. The highest BCUT2D eigenvalue weighted by Gasteiger charge is 2.16. The molecule has 3 aromatic rings. The van der Waals surface area contributed by atoms with Gasteiger partial charge in [-0.05, 0) is 79.6 Å². The highest BCUT2D eigenvalue weighted by atomic mass is 32.2. The van der Waals surface area contributed by atoms with Gasteiger partial charge in [-0.25, -0.2) is 12.8 Å². The fraction of sp³-hybridized carbons (Fsp3) is 0.200. The van der Waals surface area contributed by atoms with E-state index in [-0.39, 0.29) is 29.6 Å². The number of halogens is 1. The largest absolute Gasteiger partial charge is 0.483 e. The first-order valence-electron chi connectivity index (χ1n) is 10.7. The first-order valence-corrected chi connectivity index (χ1v) is 12.2. The van der Waals surface area contributed by atoms with Crippen LogP contribution in [0.25, 0.3) is 0 Å². The third-order valence-electron chi connectivity index (χ3n) is 4.80. The Balaban J connectivity index is 1.55. The van der Waals surface area contributed by atoms with Gasteiger partial charge in [-0.2, -0.15) is 0 Å². The Morgan fingerprint density at radius 2 is 1.60 bits per heavy atom. The van der Waals surface area contributed by atoms with Gasteiger partial charge in [0.15, 0.2) is 6.61 Å². The van der Waals surface area contributed by atoms with Crippen molar-refractivity contribution >= 4 is 33.3 Å². The van der Waals surface area contributed by atoms with Crippen LogP contribution < -0.4 is 14.8 Å². The standard InChI is InChI=1S/C25H25FN2O6S/c1-3-33-25(30)15-18-4-8-20(9-5-18)27-24(29)16-34-23-13-12-22(14-17(23)2)35(31,32)28-21-10-6-19(26)7-11-21/h4-14,28H,3,15-16H2,1-2H3,(H,27,29). The Hall–Kier alpha value is -3.92. The number of hydrogen-bond acceptors (Lipinski definition) is 6. The second-order valence-electron chi connectivity index (χ2n) is 7.56. The number of sulfonamides is 1.